The van der Waals surface area contributed by atoms with Gasteiger partial charge in [0.1, 0.15) is 18.2 Å². The number of hydrogen-bond donors (Lipinski definition) is 2. The highest BCUT2D eigenvalue weighted by Gasteiger charge is 2.32. The molecule has 0 radical (unpaired) electrons. The number of alkyl carbamates (subject to hydrolysis) is 1. The number of nitrogens with zero attached hydrogens (tertiary/aromatic N) is 1. The van der Waals surface area contributed by atoms with Crippen molar-refractivity contribution in [3.63, 3.8) is 0 Å². The lowest BCUT2D eigenvalue weighted by Gasteiger charge is -2.28. The minimum atomic E-state index is -1.00. The van der Waals surface area contributed by atoms with E-state index in [-0.39, 0.29) is 12.5 Å². The second-order valence-electron chi connectivity index (χ2n) is 8.16. The van der Waals surface area contributed by atoms with Gasteiger partial charge in [0, 0.05) is 12.6 Å². The van der Waals surface area contributed by atoms with Crippen molar-refractivity contribution in [2.24, 2.45) is 0 Å². The number of ether oxygens (including phenoxy) is 1. The molecule has 0 spiro atoms. The second kappa shape index (κ2) is 11.2. The van der Waals surface area contributed by atoms with Crippen LogP contribution in [0.4, 0.5) is 4.79 Å². The van der Waals surface area contributed by atoms with Gasteiger partial charge < -0.3 is 15.4 Å². The number of rotatable bonds is 8. The van der Waals surface area contributed by atoms with Crippen LogP contribution in [0.3, 0.4) is 0 Å². The van der Waals surface area contributed by atoms with Gasteiger partial charge in [0.2, 0.25) is 5.91 Å². The van der Waals surface area contributed by atoms with Crippen LogP contribution < -0.4 is 10.6 Å². The summed E-state index contributed by atoms with van der Waals surface area (Å²) in [5.41, 5.74) is 1.73. The third-order valence-electron chi connectivity index (χ3n) is 4.26. The van der Waals surface area contributed by atoms with Crippen LogP contribution in [0.25, 0.3) is 0 Å². The Hall–Kier alpha value is -3.01. The van der Waals surface area contributed by atoms with Gasteiger partial charge in [-0.1, -0.05) is 43.5 Å². The molecule has 1 unspecified atom stereocenters. The smallest absolute Gasteiger partial charge is 0.408 e. The summed E-state index contributed by atoms with van der Waals surface area (Å²) in [5.74, 6) is -0.944. The molecule has 3 amide bonds. The molecule has 1 atom stereocenters. The summed E-state index contributed by atoms with van der Waals surface area (Å²) in [6, 6.07) is 6.98. The first-order valence-corrected chi connectivity index (χ1v) is 10.1. The van der Waals surface area contributed by atoms with Crippen LogP contribution in [0.5, 0.6) is 0 Å². The first-order chi connectivity index (χ1) is 14.0. The van der Waals surface area contributed by atoms with Crippen LogP contribution in [0.15, 0.2) is 18.2 Å². The summed E-state index contributed by atoms with van der Waals surface area (Å²) >= 11 is 0. The standard InChI is InChI=1S/C23H33N3O4/c1-8-10-13-24-21(28)20(18-14-16(3)11-12-17(18)4)26(9-2)19(27)15-25-22(29)30-23(5,6)7/h2,11-12,14,20H,8,10,13,15H2,1,3-7H3,(H,24,28)(H,25,29). The minimum Gasteiger partial charge on any atom is -0.444 e. The molecule has 0 bridgehead atoms. The van der Waals surface area contributed by atoms with Gasteiger partial charge in [-0.15, -0.1) is 0 Å². The molecule has 0 saturated carbocycles. The number of carbonyl (C=O) groups excluding carboxylic acids is 3. The Balaban J connectivity index is 3.11. The SMILES string of the molecule is C#CN(C(=O)CNC(=O)OC(C)(C)C)C(C(=O)NCCCC)c1cc(C)ccc1C. The van der Waals surface area contributed by atoms with Crippen molar-refractivity contribution >= 4 is 17.9 Å². The van der Waals surface area contributed by atoms with Gasteiger partial charge in [0.25, 0.3) is 5.91 Å². The largest absolute Gasteiger partial charge is 0.444 e. The van der Waals surface area contributed by atoms with Crippen molar-refractivity contribution in [3.05, 3.63) is 34.9 Å². The van der Waals surface area contributed by atoms with Crippen molar-refractivity contribution in [2.75, 3.05) is 13.1 Å². The highest BCUT2D eigenvalue weighted by molar-refractivity contribution is 5.91. The van der Waals surface area contributed by atoms with Crippen molar-refractivity contribution in [3.8, 4) is 12.5 Å². The zero-order chi connectivity index (χ0) is 22.9. The van der Waals surface area contributed by atoms with E-state index in [2.05, 4.69) is 16.7 Å². The molecule has 164 valence electrons. The lowest BCUT2D eigenvalue weighted by atomic mass is 9.97. The summed E-state index contributed by atoms with van der Waals surface area (Å²) in [7, 11) is 0. The third kappa shape index (κ3) is 7.78. The average Bonchev–Trinajstić information content (AvgIpc) is 2.65. The van der Waals surface area contributed by atoms with Crippen LogP contribution in [0, 0.1) is 26.3 Å². The molecule has 30 heavy (non-hydrogen) atoms. The van der Waals surface area contributed by atoms with E-state index in [4.69, 9.17) is 11.2 Å². The molecule has 7 heteroatoms. The highest BCUT2D eigenvalue weighted by atomic mass is 16.6. The quantitative estimate of drug-likeness (QED) is 0.388. The Labute approximate surface area is 179 Å². The molecule has 2 N–H and O–H groups in total. The van der Waals surface area contributed by atoms with Gasteiger partial charge in [0.15, 0.2) is 0 Å². The summed E-state index contributed by atoms with van der Waals surface area (Å²) in [4.78, 5) is 38.7. The monoisotopic (exact) mass is 415 g/mol. The lowest BCUT2D eigenvalue weighted by molar-refractivity contribution is -0.136. The fourth-order valence-electron chi connectivity index (χ4n) is 2.77. The van der Waals surface area contributed by atoms with Crippen LogP contribution in [-0.4, -0.2) is 41.5 Å². The molecule has 0 heterocycles. The first kappa shape index (κ1) is 25.0. The number of amides is 3. The van der Waals surface area contributed by atoms with Gasteiger partial charge in [-0.3, -0.25) is 14.5 Å². The highest BCUT2D eigenvalue weighted by Crippen LogP contribution is 2.25. The molecule has 1 aromatic carbocycles. The van der Waals surface area contributed by atoms with Gasteiger partial charge in [0.05, 0.1) is 0 Å². The van der Waals surface area contributed by atoms with E-state index in [1.54, 1.807) is 20.8 Å². The fraction of sp³-hybridized carbons (Fsp3) is 0.522. The van der Waals surface area contributed by atoms with Gasteiger partial charge in [-0.05, 0) is 52.2 Å². The van der Waals surface area contributed by atoms with E-state index in [1.807, 2.05) is 39.0 Å². The molecule has 0 aliphatic heterocycles. The van der Waals surface area contributed by atoms with Crippen molar-refractivity contribution in [1.82, 2.24) is 15.5 Å². The third-order valence-corrected chi connectivity index (χ3v) is 4.26. The molecule has 0 saturated heterocycles. The first-order valence-electron chi connectivity index (χ1n) is 10.1. The minimum absolute atomic E-state index is 0.360. The molecular formula is C23H33N3O4. The Morgan fingerprint density at radius 1 is 1.20 bits per heavy atom. The van der Waals surface area contributed by atoms with E-state index < -0.39 is 23.6 Å². The number of hydrogen-bond acceptors (Lipinski definition) is 4. The molecule has 1 rings (SSSR count). The zero-order valence-corrected chi connectivity index (χ0v) is 18.8. The Bertz CT molecular complexity index is 806. The summed E-state index contributed by atoms with van der Waals surface area (Å²) in [6.45, 7) is 11.1. The number of unbranched alkanes of at least 4 members (excludes halogenated alkanes) is 1. The number of benzene rings is 1. The predicted molar refractivity (Wildman–Crippen MR) is 116 cm³/mol. The number of carbonyl (C=O) groups is 3. The Morgan fingerprint density at radius 3 is 2.43 bits per heavy atom. The van der Waals surface area contributed by atoms with Crippen molar-refractivity contribution < 1.29 is 19.1 Å². The van der Waals surface area contributed by atoms with E-state index >= 15 is 0 Å². The van der Waals surface area contributed by atoms with E-state index in [0.717, 1.165) is 28.9 Å². The fourth-order valence-corrected chi connectivity index (χ4v) is 2.77. The second-order valence-corrected chi connectivity index (χ2v) is 8.16. The van der Waals surface area contributed by atoms with Crippen LogP contribution >= 0.6 is 0 Å². The number of aryl methyl sites for hydroxylation is 2. The lowest BCUT2D eigenvalue weighted by Crippen LogP contribution is -2.46. The maximum atomic E-state index is 13.0. The van der Waals surface area contributed by atoms with Crippen LogP contribution in [0.1, 0.15) is 63.3 Å². The maximum absolute atomic E-state index is 13.0. The molecule has 0 fully saturated rings. The normalized spacial score (nSPS) is 11.8. The van der Waals surface area contributed by atoms with Crippen LogP contribution in [-0.2, 0) is 14.3 Å². The van der Waals surface area contributed by atoms with Gasteiger partial charge >= 0.3 is 6.09 Å². The van der Waals surface area contributed by atoms with Crippen LogP contribution in [0.2, 0.25) is 0 Å². The predicted octanol–water partition coefficient (Wildman–Crippen LogP) is 3.20. The van der Waals surface area contributed by atoms with Crippen molar-refractivity contribution in [2.45, 2.75) is 66.0 Å². The van der Waals surface area contributed by atoms with Crippen molar-refractivity contribution in [1.29, 1.82) is 0 Å². The molecule has 7 nitrogen and oxygen atoms in total. The van der Waals surface area contributed by atoms with E-state index in [9.17, 15) is 14.4 Å². The summed E-state index contributed by atoms with van der Waals surface area (Å²) in [5, 5.41) is 5.25. The van der Waals surface area contributed by atoms with Gasteiger partial charge in [-0.2, -0.15) is 0 Å². The molecular weight excluding hydrogens is 382 g/mol. The topological polar surface area (TPSA) is 87.7 Å². The summed E-state index contributed by atoms with van der Waals surface area (Å²) in [6.07, 6.45) is 6.64. The molecule has 0 aliphatic carbocycles. The van der Waals surface area contributed by atoms with E-state index in [1.165, 1.54) is 0 Å². The zero-order valence-electron chi connectivity index (χ0n) is 18.8. The number of nitrogens with one attached hydrogen (secondary N) is 2. The Kier molecular flexibility index (Phi) is 9.38. The van der Waals surface area contributed by atoms with Gasteiger partial charge in [-0.25, -0.2) is 4.79 Å². The molecule has 0 aromatic heterocycles. The molecule has 1 aromatic rings. The maximum Gasteiger partial charge on any atom is 0.408 e. The number of terminal acetylenes is 1. The average molecular weight is 416 g/mol. The summed E-state index contributed by atoms with van der Waals surface area (Å²) < 4.78 is 5.14. The Morgan fingerprint density at radius 2 is 1.87 bits per heavy atom. The molecule has 0 aliphatic rings. The van der Waals surface area contributed by atoms with E-state index in [0.29, 0.717) is 12.1 Å².